The van der Waals surface area contributed by atoms with Crippen molar-refractivity contribution in [2.75, 3.05) is 6.61 Å². The van der Waals surface area contributed by atoms with Crippen LogP contribution in [0.15, 0.2) is 78.9 Å². The molecule has 11 rings (SSSR count). The van der Waals surface area contributed by atoms with Crippen LogP contribution in [0, 0.1) is 0 Å². The Morgan fingerprint density at radius 1 is 0.458 bits per heavy atom. The zero-order valence-electron chi connectivity index (χ0n) is 36.9. The second kappa shape index (κ2) is 16.6. The van der Waals surface area contributed by atoms with Crippen molar-refractivity contribution in [3.8, 4) is 86.2 Å². The van der Waals surface area contributed by atoms with Gasteiger partial charge < -0.3 is 110 Å². The van der Waals surface area contributed by atoms with Gasteiger partial charge in [0.25, 0.3) is 0 Å². The number of hydrogen-bond donors (Lipinski definition) is 16. The number of phenolic OH excluding ortho intramolecular Hbond substituents is 11. The van der Waals surface area contributed by atoms with E-state index in [0.29, 0.717) is 0 Å². The zero-order valence-corrected chi connectivity index (χ0v) is 36.9. The SMILES string of the molecule is Oc1cc(O)c2c(c1)O[C@@]1(c3ccc(O)c(O)c3)Oc3cc(O)c4c(c3[C@@H]2[C@H]1O[C@H]1OC[C@@H](O)[C@@H](O)[C@H]1O)O[C@H](c1ccc(O)c(O)c1)[C@H](O)C4c1c(O)cc(O)c2c1O[C@H](c1ccc(O)c(O)c1)[C@H](O)C2. The second-order valence-electron chi connectivity index (χ2n) is 18.2. The Hall–Kier alpha value is -7.96. The second-order valence-corrected chi connectivity index (χ2v) is 18.2. The molecule has 1 fully saturated rings. The molecule has 1 unspecified atom stereocenters. The average molecular weight is 997 g/mol. The Kier molecular flexibility index (Phi) is 10.7. The Balaban J connectivity index is 1.20. The number of benzene rings is 6. The maximum Gasteiger partial charge on any atom is 0.305 e. The van der Waals surface area contributed by atoms with Gasteiger partial charge in [0.05, 0.1) is 24.5 Å². The fraction of sp³-hybridized carbons (Fsp3) is 0.280. The van der Waals surface area contributed by atoms with Gasteiger partial charge in [0.1, 0.15) is 82.3 Å². The summed E-state index contributed by atoms with van der Waals surface area (Å²) in [7, 11) is 0. The highest BCUT2D eigenvalue weighted by atomic mass is 16.8. The first-order chi connectivity index (χ1) is 34.3. The highest BCUT2D eigenvalue weighted by molar-refractivity contribution is 5.72. The van der Waals surface area contributed by atoms with E-state index in [9.17, 15) is 81.7 Å². The minimum absolute atomic E-state index is 0.0173. The van der Waals surface area contributed by atoms with E-state index in [1.165, 1.54) is 18.2 Å². The van der Waals surface area contributed by atoms with Gasteiger partial charge in [0.15, 0.2) is 53.0 Å². The summed E-state index contributed by atoms with van der Waals surface area (Å²) in [4.78, 5) is 0. The first-order valence-corrected chi connectivity index (χ1v) is 22.2. The highest BCUT2D eigenvalue weighted by Gasteiger charge is 2.63. The van der Waals surface area contributed by atoms with Gasteiger partial charge in [-0.1, -0.05) is 12.1 Å². The number of fused-ring (bicyclic) bond motifs is 9. The summed E-state index contributed by atoms with van der Waals surface area (Å²) in [6.45, 7) is -0.567. The van der Waals surface area contributed by atoms with Crippen LogP contribution in [0.4, 0.5) is 0 Å². The van der Waals surface area contributed by atoms with Crippen molar-refractivity contribution in [2.45, 2.75) is 79.2 Å². The fourth-order valence-electron chi connectivity index (χ4n) is 10.5. The molecule has 22 nitrogen and oxygen atoms in total. The van der Waals surface area contributed by atoms with Gasteiger partial charge in [-0.3, -0.25) is 0 Å². The normalized spacial score (nSPS) is 28.9. The van der Waals surface area contributed by atoms with Crippen LogP contribution in [0.3, 0.4) is 0 Å². The minimum Gasteiger partial charge on any atom is -0.508 e. The van der Waals surface area contributed by atoms with E-state index in [0.717, 1.165) is 60.7 Å². The Labute approximate surface area is 404 Å². The molecule has 22 heteroatoms. The molecule has 5 aliphatic rings. The van der Waals surface area contributed by atoms with Gasteiger partial charge in [-0.15, -0.1) is 0 Å². The largest absolute Gasteiger partial charge is 0.508 e. The average Bonchev–Trinajstić information content (AvgIpc) is 3.32. The van der Waals surface area contributed by atoms with Gasteiger partial charge in [-0.25, -0.2) is 0 Å². The number of rotatable bonds is 6. The molecule has 0 aliphatic carbocycles. The molecule has 12 atom stereocenters. The molecule has 72 heavy (non-hydrogen) atoms. The molecule has 0 saturated carbocycles. The summed E-state index contributed by atoms with van der Waals surface area (Å²) in [6, 6.07) is 14.5. The van der Waals surface area contributed by atoms with Crippen molar-refractivity contribution in [3.63, 3.8) is 0 Å². The molecule has 6 aromatic carbocycles. The quantitative estimate of drug-likeness (QED) is 0.107. The molecule has 5 heterocycles. The summed E-state index contributed by atoms with van der Waals surface area (Å²) in [5, 5.41) is 178. The molecular formula is C50H44O22. The molecule has 0 amide bonds. The van der Waals surface area contributed by atoms with E-state index in [4.69, 9.17) is 28.4 Å². The van der Waals surface area contributed by atoms with Crippen LogP contribution >= 0.6 is 0 Å². The van der Waals surface area contributed by atoms with E-state index in [1.807, 2.05) is 0 Å². The zero-order chi connectivity index (χ0) is 51.0. The number of ether oxygens (including phenoxy) is 6. The summed E-state index contributed by atoms with van der Waals surface area (Å²) in [5.41, 5.74) is -1.05. The highest BCUT2D eigenvalue weighted by Crippen LogP contribution is 2.66. The van der Waals surface area contributed by atoms with Gasteiger partial charge in [-0.05, 0) is 53.6 Å². The summed E-state index contributed by atoms with van der Waals surface area (Å²) in [6.07, 6.45) is -15.8. The lowest BCUT2D eigenvalue weighted by atomic mass is 9.71. The lowest BCUT2D eigenvalue weighted by Gasteiger charge is -2.53. The maximum atomic E-state index is 12.8. The van der Waals surface area contributed by atoms with Gasteiger partial charge in [-0.2, -0.15) is 0 Å². The van der Waals surface area contributed by atoms with Crippen molar-refractivity contribution >= 4 is 0 Å². The van der Waals surface area contributed by atoms with E-state index in [-0.39, 0.29) is 73.9 Å². The van der Waals surface area contributed by atoms with Gasteiger partial charge >= 0.3 is 5.79 Å². The Morgan fingerprint density at radius 2 is 1.03 bits per heavy atom. The van der Waals surface area contributed by atoms with E-state index in [1.54, 1.807) is 0 Å². The summed E-state index contributed by atoms with van der Waals surface area (Å²) >= 11 is 0. The van der Waals surface area contributed by atoms with Crippen LogP contribution in [0.2, 0.25) is 0 Å². The summed E-state index contributed by atoms with van der Waals surface area (Å²) in [5.74, 6) is -13.8. The van der Waals surface area contributed by atoms with Crippen LogP contribution in [0.5, 0.6) is 86.2 Å². The number of phenols is 11. The topological polar surface area (TPSA) is 379 Å². The lowest BCUT2D eigenvalue weighted by Crippen LogP contribution is -2.62. The molecule has 16 N–H and O–H groups in total. The molecular weight excluding hydrogens is 953 g/mol. The molecule has 0 radical (unpaired) electrons. The van der Waals surface area contributed by atoms with E-state index < -0.39 is 143 Å². The standard InChI is InChI=1S/C50H44O22/c51-19-10-28(59)35-33(11-19)71-50(18-3-6-23(54)27(58)9-18)48(70-49-43(66)41(64)32(63)15-67-49)40(35)38-34(72-50)14-30(61)37-39(42(65)45(69-47(37)38)17-2-5-22(53)26(57)8-17)36-29(60)13-24(55)20-12-31(62)44(68-46(20)36)16-1-4-21(52)25(56)7-16/h1-11,13-14,31-32,39-45,48-49,51-66H,12,15H2/t31-,32-,39?,40-,41-,42-,43-,44-,45-,48-,49-,50+/m1/s1. The van der Waals surface area contributed by atoms with Crippen LogP contribution in [-0.4, -0.2) is 131 Å². The number of aliphatic hydroxyl groups excluding tert-OH is 5. The third-order valence-electron chi connectivity index (χ3n) is 13.9. The third-order valence-corrected chi connectivity index (χ3v) is 13.9. The van der Waals surface area contributed by atoms with Crippen molar-refractivity contribution in [1.29, 1.82) is 0 Å². The summed E-state index contributed by atoms with van der Waals surface area (Å²) < 4.78 is 38.7. The molecule has 5 aliphatic heterocycles. The fourth-order valence-corrected chi connectivity index (χ4v) is 10.5. The van der Waals surface area contributed by atoms with E-state index >= 15 is 0 Å². The van der Waals surface area contributed by atoms with Crippen LogP contribution < -0.4 is 18.9 Å². The van der Waals surface area contributed by atoms with Gasteiger partial charge in [0.2, 0.25) is 0 Å². The smallest absolute Gasteiger partial charge is 0.305 e. The van der Waals surface area contributed by atoms with Crippen LogP contribution in [0.25, 0.3) is 0 Å². The third kappa shape index (κ3) is 6.98. The molecule has 0 aromatic heterocycles. The number of aliphatic hydroxyl groups is 5. The molecule has 6 aromatic rings. The van der Waals surface area contributed by atoms with Crippen LogP contribution in [-0.2, 0) is 21.7 Å². The van der Waals surface area contributed by atoms with E-state index in [2.05, 4.69) is 0 Å². The maximum absolute atomic E-state index is 12.8. The first-order valence-electron chi connectivity index (χ1n) is 22.2. The van der Waals surface area contributed by atoms with Crippen molar-refractivity contribution in [3.05, 3.63) is 123 Å². The number of aromatic hydroxyl groups is 11. The Morgan fingerprint density at radius 3 is 1.68 bits per heavy atom. The molecule has 1 saturated heterocycles. The van der Waals surface area contributed by atoms with Crippen molar-refractivity contribution in [2.24, 2.45) is 0 Å². The van der Waals surface area contributed by atoms with Crippen molar-refractivity contribution in [1.82, 2.24) is 0 Å². The van der Waals surface area contributed by atoms with Gasteiger partial charge in [0, 0.05) is 64.1 Å². The molecule has 376 valence electrons. The Bertz CT molecular complexity index is 3200. The molecule has 0 spiro atoms. The minimum atomic E-state index is -2.45. The predicted molar refractivity (Wildman–Crippen MR) is 239 cm³/mol. The monoisotopic (exact) mass is 996 g/mol. The van der Waals surface area contributed by atoms with Crippen LogP contribution in [0.1, 0.15) is 68.6 Å². The first kappa shape index (κ1) is 46.4. The molecule has 2 bridgehead atoms. The lowest BCUT2D eigenvalue weighted by molar-refractivity contribution is -0.327. The predicted octanol–water partition coefficient (Wildman–Crippen LogP) is 2.71. The van der Waals surface area contributed by atoms with Crippen molar-refractivity contribution < 1.29 is 110 Å². The number of hydrogen-bond acceptors (Lipinski definition) is 22.